The number of ether oxygens (including phenoxy) is 1. The lowest BCUT2D eigenvalue weighted by atomic mass is 10.4. The van der Waals surface area contributed by atoms with Crippen LogP contribution in [0.15, 0.2) is 12.3 Å². The highest BCUT2D eigenvalue weighted by molar-refractivity contribution is 4.97. The van der Waals surface area contributed by atoms with Gasteiger partial charge in [0.1, 0.15) is 0 Å². The molecule has 1 heterocycles. The molecule has 0 aliphatic carbocycles. The van der Waals surface area contributed by atoms with Crippen molar-refractivity contribution in [3.8, 4) is 0 Å². The van der Waals surface area contributed by atoms with Gasteiger partial charge in [0.05, 0.1) is 6.10 Å². The normalized spacial score (nSPS) is 27.2. The maximum Gasteiger partial charge on any atom is 0.0943 e. The zero-order valence-electron chi connectivity index (χ0n) is 5.29. The molecular formula is C6H11NO. The van der Waals surface area contributed by atoms with Crippen LogP contribution in [0.5, 0.6) is 0 Å². The minimum Gasteiger partial charge on any atom is -0.378 e. The van der Waals surface area contributed by atoms with Crippen LogP contribution >= 0.6 is 0 Å². The van der Waals surface area contributed by atoms with E-state index in [1.54, 1.807) is 7.11 Å². The number of hydrogen-bond donors (Lipinski definition) is 0. The fraction of sp³-hybridized carbons (Fsp3) is 0.667. The molecule has 1 unspecified atom stereocenters. The maximum absolute atomic E-state index is 5.05. The number of likely N-dealkylation sites (N-methyl/N-ethyl adjacent to an activating group) is 1. The van der Waals surface area contributed by atoms with Gasteiger partial charge in [-0.15, -0.1) is 0 Å². The average Bonchev–Trinajstić information content (AvgIpc) is 2.14. The van der Waals surface area contributed by atoms with Crippen molar-refractivity contribution < 1.29 is 4.74 Å². The predicted molar refractivity (Wildman–Crippen MR) is 32.6 cm³/mol. The lowest BCUT2D eigenvalue weighted by molar-refractivity contribution is 0.133. The van der Waals surface area contributed by atoms with Gasteiger partial charge in [-0.2, -0.15) is 0 Å². The molecule has 0 saturated heterocycles. The third-order valence-corrected chi connectivity index (χ3v) is 1.33. The Hall–Kier alpha value is -0.500. The van der Waals surface area contributed by atoms with Gasteiger partial charge in [-0.1, -0.05) is 0 Å². The van der Waals surface area contributed by atoms with Crippen LogP contribution in [-0.4, -0.2) is 31.7 Å². The van der Waals surface area contributed by atoms with Crippen molar-refractivity contribution in [3.05, 3.63) is 12.3 Å². The van der Waals surface area contributed by atoms with E-state index in [2.05, 4.69) is 11.0 Å². The predicted octanol–water partition coefficient (Wildman–Crippen LogP) is 0.461. The molecule has 0 radical (unpaired) electrons. The molecule has 0 aromatic carbocycles. The molecule has 2 nitrogen and oxygen atoms in total. The van der Waals surface area contributed by atoms with Crippen LogP contribution in [0.2, 0.25) is 0 Å². The molecular weight excluding hydrogens is 102 g/mol. The van der Waals surface area contributed by atoms with E-state index in [1.807, 2.05) is 13.2 Å². The minimum atomic E-state index is 0.319. The van der Waals surface area contributed by atoms with Crippen LogP contribution in [0.4, 0.5) is 0 Å². The second kappa shape index (κ2) is 2.18. The van der Waals surface area contributed by atoms with Crippen molar-refractivity contribution in [3.63, 3.8) is 0 Å². The van der Waals surface area contributed by atoms with E-state index in [-0.39, 0.29) is 0 Å². The molecule has 0 spiro atoms. The SMILES string of the molecule is COC1C=CN(C)C1. The summed E-state index contributed by atoms with van der Waals surface area (Å²) in [6, 6.07) is 0. The summed E-state index contributed by atoms with van der Waals surface area (Å²) < 4.78 is 5.05. The summed E-state index contributed by atoms with van der Waals surface area (Å²) in [6.45, 7) is 0.997. The molecule has 0 aromatic rings. The van der Waals surface area contributed by atoms with E-state index >= 15 is 0 Å². The fourth-order valence-electron chi connectivity index (χ4n) is 0.802. The smallest absolute Gasteiger partial charge is 0.0943 e. The van der Waals surface area contributed by atoms with Crippen LogP contribution in [-0.2, 0) is 4.74 Å². The largest absolute Gasteiger partial charge is 0.378 e. The summed E-state index contributed by atoms with van der Waals surface area (Å²) in [6.07, 6.45) is 4.41. The summed E-state index contributed by atoms with van der Waals surface area (Å²) in [7, 11) is 3.77. The van der Waals surface area contributed by atoms with Crippen molar-refractivity contribution in [1.82, 2.24) is 4.90 Å². The Balaban J connectivity index is 2.34. The Morgan fingerprint density at radius 2 is 2.50 bits per heavy atom. The highest BCUT2D eigenvalue weighted by Gasteiger charge is 2.09. The summed E-state index contributed by atoms with van der Waals surface area (Å²) in [4.78, 5) is 2.11. The molecule has 0 amide bonds. The van der Waals surface area contributed by atoms with Gasteiger partial charge in [-0.3, -0.25) is 0 Å². The van der Waals surface area contributed by atoms with E-state index < -0.39 is 0 Å². The molecule has 0 fully saturated rings. The third-order valence-electron chi connectivity index (χ3n) is 1.33. The number of nitrogens with zero attached hydrogens (tertiary/aromatic N) is 1. The zero-order chi connectivity index (χ0) is 5.98. The van der Waals surface area contributed by atoms with E-state index in [1.165, 1.54) is 0 Å². The monoisotopic (exact) mass is 113 g/mol. The lowest BCUT2D eigenvalue weighted by Crippen LogP contribution is -2.17. The highest BCUT2D eigenvalue weighted by Crippen LogP contribution is 2.03. The van der Waals surface area contributed by atoms with Crippen LogP contribution in [0, 0.1) is 0 Å². The minimum absolute atomic E-state index is 0.319. The molecule has 0 N–H and O–H groups in total. The highest BCUT2D eigenvalue weighted by atomic mass is 16.5. The van der Waals surface area contributed by atoms with Crippen LogP contribution in [0.3, 0.4) is 0 Å². The second-order valence-electron chi connectivity index (χ2n) is 2.06. The topological polar surface area (TPSA) is 12.5 Å². The van der Waals surface area contributed by atoms with Crippen LogP contribution in [0.25, 0.3) is 0 Å². The maximum atomic E-state index is 5.05. The Labute approximate surface area is 49.7 Å². The average molecular weight is 113 g/mol. The molecule has 0 bridgehead atoms. The molecule has 0 saturated carbocycles. The quantitative estimate of drug-likeness (QED) is 0.490. The van der Waals surface area contributed by atoms with E-state index in [4.69, 9.17) is 4.74 Å². The first-order valence-corrected chi connectivity index (χ1v) is 2.74. The molecule has 1 aliphatic heterocycles. The summed E-state index contributed by atoms with van der Waals surface area (Å²) in [5.74, 6) is 0. The van der Waals surface area contributed by atoms with Crippen LogP contribution < -0.4 is 0 Å². The van der Waals surface area contributed by atoms with Crippen molar-refractivity contribution in [2.24, 2.45) is 0 Å². The molecule has 8 heavy (non-hydrogen) atoms. The van der Waals surface area contributed by atoms with Gasteiger partial charge >= 0.3 is 0 Å². The van der Waals surface area contributed by atoms with E-state index in [0.29, 0.717) is 6.10 Å². The molecule has 0 aromatic heterocycles. The van der Waals surface area contributed by atoms with Gasteiger partial charge in [0.15, 0.2) is 0 Å². The number of rotatable bonds is 1. The van der Waals surface area contributed by atoms with Gasteiger partial charge in [-0.05, 0) is 12.3 Å². The fourth-order valence-corrected chi connectivity index (χ4v) is 0.802. The Morgan fingerprint density at radius 3 is 2.75 bits per heavy atom. The summed E-state index contributed by atoms with van der Waals surface area (Å²) in [5, 5.41) is 0. The first kappa shape index (κ1) is 5.63. The first-order chi connectivity index (χ1) is 3.83. The van der Waals surface area contributed by atoms with Crippen molar-refractivity contribution in [1.29, 1.82) is 0 Å². The lowest BCUT2D eigenvalue weighted by Gasteiger charge is -2.09. The zero-order valence-corrected chi connectivity index (χ0v) is 5.29. The van der Waals surface area contributed by atoms with Gasteiger partial charge in [-0.25, -0.2) is 0 Å². The van der Waals surface area contributed by atoms with Gasteiger partial charge in [0.25, 0.3) is 0 Å². The van der Waals surface area contributed by atoms with Gasteiger partial charge < -0.3 is 9.64 Å². The van der Waals surface area contributed by atoms with Crippen LogP contribution in [0.1, 0.15) is 0 Å². The van der Waals surface area contributed by atoms with Crippen molar-refractivity contribution in [2.75, 3.05) is 20.7 Å². The van der Waals surface area contributed by atoms with Crippen molar-refractivity contribution >= 4 is 0 Å². The summed E-state index contributed by atoms with van der Waals surface area (Å²) >= 11 is 0. The number of hydrogen-bond acceptors (Lipinski definition) is 2. The Bertz CT molecular complexity index is 101. The van der Waals surface area contributed by atoms with Gasteiger partial charge in [0, 0.05) is 20.7 Å². The standard InChI is InChI=1S/C6H11NO/c1-7-4-3-6(5-7)8-2/h3-4,6H,5H2,1-2H3. The molecule has 2 heteroatoms. The first-order valence-electron chi connectivity index (χ1n) is 2.74. The second-order valence-corrected chi connectivity index (χ2v) is 2.06. The number of methoxy groups -OCH3 is 1. The molecule has 1 rings (SSSR count). The Kier molecular flexibility index (Phi) is 1.53. The molecule has 1 atom stereocenters. The molecule has 1 aliphatic rings. The summed E-state index contributed by atoms with van der Waals surface area (Å²) in [5.41, 5.74) is 0. The Morgan fingerprint density at radius 1 is 1.75 bits per heavy atom. The molecule has 46 valence electrons. The van der Waals surface area contributed by atoms with Gasteiger partial charge in [0.2, 0.25) is 0 Å². The third kappa shape index (κ3) is 1.01. The van der Waals surface area contributed by atoms with E-state index in [9.17, 15) is 0 Å². The van der Waals surface area contributed by atoms with Crippen molar-refractivity contribution in [2.45, 2.75) is 6.10 Å². The van der Waals surface area contributed by atoms with E-state index in [0.717, 1.165) is 6.54 Å².